The zero-order valence-corrected chi connectivity index (χ0v) is 28.7. The summed E-state index contributed by atoms with van der Waals surface area (Å²) in [6.45, 7) is 0.290. The fourth-order valence-electron chi connectivity index (χ4n) is 5.78. The number of amides is 1. The average Bonchev–Trinajstić information content (AvgIpc) is 3.75. The first-order valence-corrected chi connectivity index (χ1v) is 18.2. The standard InChI is InChI=1S/C32H36ClF2N3O5S.C2HF3O2/c33-28-12-7-22(19-29(28)43-25-9-10-25)32(34,35)30(31(39)38-15-13-23(36)14-16-38)37-44(40,41)27-11-6-20-17-26(8-5-21(20)18-27)42-24-3-1-2-4-24;3-2(4,5)1(6)7/h5-8,11-12,17-19,23-25,30,37H,1-4,9-10,13-16,36H2;(H,6,7). The number of sulfonamides is 1. The number of rotatable bonds is 10. The first-order chi connectivity index (χ1) is 23.9. The van der Waals surface area contributed by atoms with Crippen molar-refractivity contribution in [2.75, 3.05) is 13.1 Å². The summed E-state index contributed by atoms with van der Waals surface area (Å²) in [5, 5.41) is 8.61. The second-order valence-electron chi connectivity index (χ2n) is 12.8. The van der Waals surface area contributed by atoms with Crippen molar-refractivity contribution >= 4 is 44.3 Å². The Morgan fingerprint density at radius 2 is 1.45 bits per heavy atom. The van der Waals surface area contributed by atoms with E-state index < -0.39 is 45.6 Å². The molecule has 3 aliphatic rings. The molecule has 1 amide bonds. The van der Waals surface area contributed by atoms with E-state index in [4.69, 9.17) is 36.7 Å². The van der Waals surface area contributed by atoms with Crippen molar-refractivity contribution in [2.45, 2.75) is 92.7 Å². The van der Waals surface area contributed by atoms with E-state index in [-0.39, 0.29) is 47.0 Å². The molecule has 0 spiro atoms. The van der Waals surface area contributed by atoms with Crippen molar-refractivity contribution in [2.24, 2.45) is 5.73 Å². The minimum absolute atomic E-state index is 0.0650. The van der Waals surface area contributed by atoms with Crippen LogP contribution in [0.2, 0.25) is 5.02 Å². The smallest absolute Gasteiger partial charge is 0.490 e. The number of carboxylic acids is 1. The van der Waals surface area contributed by atoms with Gasteiger partial charge >= 0.3 is 12.1 Å². The van der Waals surface area contributed by atoms with Crippen LogP contribution < -0.4 is 19.9 Å². The molecule has 51 heavy (non-hydrogen) atoms. The molecule has 278 valence electrons. The molecule has 1 aliphatic heterocycles. The average molecular weight is 762 g/mol. The number of piperidine rings is 1. The molecule has 2 saturated carbocycles. The number of ether oxygens (including phenoxy) is 2. The Morgan fingerprint density at radius 3 is 2.06 bits per heavy atom. The first kappa shape index (κ1) is 38.5. The molecular weight excluding hydrogens is 725 g/mol. The molecule has 0 radical (unpaired) electrons. The van der Waals surface area contributed by atoms with Gasteiger partial charge in [0, 0.05) is 24.7 Å². The number of nitrogens with one attached hydrogen (secondary N) is 1. The quantitative estimate of drug-likeness (QED) is 0.202. The number of carboxylic acid groups (broad SMARTS) is 1. The zero-order valence-electron chi connectivity index (χ0n) is 27.2. The van der Waals surface area contributed by atoms with Gasteiger partial charge in [-0.2, -0.15) is 26.7 Å². The number of likely N-dealkylation sites (tertiary alicyclic amines) is 1. The number of halogens is 6. The SMILES string of the molecule is NC1CCN(C(=O)C(NS(=O)(=O)c2ccc3cc(OC4CCCC4)ccc3c2)C(F)(F)c2ccc(Cl)c(OC3CC3)c2)CC1.O=C(O)C(F)(F)F. The predicted octanol–water partition coefficient (Wildman–Crippen LogP) is 6.38. The van der Waals surface area contributed by atoms with Gasteiger partial charge in [-0.15, -0.1) is 0 Å². The molecule has 3 aromatic rings. The molecule has 3 fully saturated rings. The number of alkyl halides is 5. The third-order valence-corrected chi connectivity index (χ3v) is 10.5. The third kappa shape index (κ3) is 9.78. The van der Waals surface area contributed by atoms with Crippen LogP contribution in [0.3, 0.4) is 0 Å². The predicted molar refractivity (Wildman–Crippen MR) is 177 cm³/mol. The number of hydrogen-bond acceptors (Lipinski definition) is 7. The van der Waals surface area contributed by atoms with Gasteiger partial charge in [0.2, 0.25) is 15.9 Å². The van der Waals surface area contributed by atoms with E-state index in [1.807, 2.05) is 6.07 Å². The van der Waals surface area contributed by atoms with Crippen LogP contribution in [0, 0.1) is 0 Å². The number of hydrogen-bond donors (Lipinski definition) is 3. The molecule has 2 aliphatic carbocycles. The van der Waals surface area contributed by atoms with Crippen LogP contribution in [0.15, 0.2) is 59.5 Å². The Morgan fingerprint density at radius 1 is 0.863 bits per heavy atom. The van der Waals surface area contributed by atoms with Crippen molar-refractivity contribution in [3.8, 4) is 11.5 Å². The fourth-order valence-corrected chi connectivity index (χ4v) is 7.17. The van der Waals surface area contributed by atoms with Crippen LogP contribution in [0.5, 0.6) is 11.5 Å². The lowest BCUT2D eigenvalue weighted by atomic mass is 9.98. The van der Waals surface area contributed by atoms with Crippen molar-refractivity contribution < 1.29 is 54.5 Å². The van der Waals surface area contributed by atoms with Crippen LogP contribution in [0.25, 0.3) is 10.8 Å². The maximum absolute atomic E-state index is 16.4. The Balaban J connectivity index is 0.000000654. The third-order valence-electron chi connectivity index (χ3n) is 8.81. The lowest BCUT2D eigenvalue weighted by Gasteiger charge is -2.35. The summed E-state index contributed by atoms with van der Waals surface area (Å²) in [6.07, 6.45) is 1.67. The Bertz CT molecular complexity index is 1850. The maximum Gasteiger partial charge on any atom is 0.490 e. The zero-order chi connectivity index (χ0) is 37.1. The highest BCUT2D eigenvalue weighted by Crippen LogP contribution is 2.40. The summed E-state index contributed by atoms with van der Waals surface area (Å²) in [6, 6.07) is 10.6. The van der Waals surface area contributed by atoms with Gasteiger partial charge in [0.1, 0.15) is 11.5 Å². The molecule has 10 nitrogen and oxygen atoms in total. The van der Waals surface area contributed by atoms with Gasteiger partial charge in [0.15, 0.2) is 6.04 Å². The normalized spacial score (nSPS) is 18.2. The van der Waals surface area contributed by atoms with Crippen LogP contribution in [0.1, 0.15) is 56.9 Å². The van der Waals surface area contributed by atoms with Crippen LogP contribution in [0.4, 0.5) is 22.0 Å². The number of carbonyl (C=O) groups excluding carboxylic acids is 1. The largest absolute Gasteiger partial charge is 0.490 e. The lowest BCUT2D eigenvalue weighted by molar-refractivity contribution is -0.192. The highest BCUT2D eigenvalue weighted by atomic mass is 35.5. The molecule has 1 unspecified atom stereocenters. The highest BCUT2D eigenvalue weighted by Gasteiger charge is 2.50. The molecule has 1 atom stereocenters. The molecule has 1 saturated heterocycles. The molecular formula is C34H37ClF5N3O7S. The lowest BCUT2D eigenvalue weighted by Crippen LogP contribution is -2.58. The number of nitrogens with zero attached hydrogens (tertiary/aromatic N) is 1. The fraction of sp³-hybridized carbons (Fsp3) is 0.471. The Labute approximate surface area is 296 Å². The van der Waals surface area contributed by atoms with Crippen LogP contribution in [-0.4, -0.2) is 73.9 Å². The van der Waals surface area contributed by atoms with E-state index in [1.165, 1.54) is 23.1 Å². The Hall–Kier alpha value is -3.73. The van der Waals surface area contributed by atoms with Gasteiger partial charge < -0.3 is 25.2 Å². The van der Waals surface area contributed by atoms with E-state index in [9.17, 15) is 26.4 Å². The van der Waals surface area contributed by atoms with E-state index in [0.29, 0.717) is 24.0 Å². The molecule has 4 N–H and O–H groups in total. The highest BCUT2D eigenvalue weighted by molar-refractivity contribution is 7.89. The van der Waals surface area contributed by atoms with E-state index in [2.05, 4.69) is 4.72 Å². The second kappa shape index (κ2) is 15.5. The van der Waals surface area contributed by atoms with Gasteiger partial charge in [-0.05, 0) is 98.5 Å². The van der Waals surface area contributed by atoms with Crippen molar-refractivity contribution in [1.82, 2.24) is 9.62 Å². The summed E-state index contributed by atoms with van der Waals surface area (Å²) in [4.78, 5) is 23.6. The second-order valence-corrected chi connectivity index (χ2v) is 14.9. The summed E-state index contributed by atoms with van der Waals surface area (Å²) >= 11 is 6.21. The number of nitrogens with two attached hydrogens (primary N) is 1. The van der Waals surface area contributed by atoms with Gasteiger partial charge in [-0.25, -0.2) is 13.2 Å². The minimum atomic E-state index is -5.08. The molecule has 3 aromatic carbocycles. The van der Waals surface area contributed by atoms with Crippen molar-refractivity contribution in [3.05, 3.63) is 65.2 Å². The summed E-state index contributed by atoms with van der Waals surface area (Å²) in [5.74, 6) is -6.97. The monoisotopic (exact) mass is 761 g/mol. The van der Waals surface area contributed by atoms with E-state index in [0.717, 1.165) is 56.0 Å². The number of carbonyl (C=O) groups is 2. The summed E-state index contributed by atoms with van der Waals surface area (Å²) in [5.41, 5.74) is 5.38. The first-order valence-electron chi connectivity index (χ1n) is 16.4. The maximum atomic E-state index is 16.4. The van der Waals surface area contributed by atoms with Gasteiger partial charge in [-0.1, -0.05) is 29.8 Å². The molecule has 0 bridgehead atoms. The van der Waals surface area contributed by atoms with Crippen LogP contribution in [-0.2, 0) is 25.5 Å². The summed E-state index contributed by atoms with van der Waals surface area (Å²) in [7, 11) is -4.58. The summed E-state index contributed by atoms with van der Waals surface area (Å²) < 4.78 is 106. The Kier molecular flexibility index (Phi) is 11.7. The topological polar surface area (TPSA) is 148 Å². The van der Waals surface area contributed by atoms with Gasteiger partial charge in [-0.3, -0.25) is 4.79 Å². The van der Waals surface area contributed by atoms with Crippen LogP contribution >= 0.6 is 11.6 Å². The molecule has 6 rings (SSSR count). The van der Waals surface area contributed by atoms with E-state index >= 15 is 8.78 Å². The van der Waals surface area contributed by atoms with Crippen molar-refractivity contribution in [3.63, 3.8) is 0 Å². The van der Waals surface area contributed by atoms with Gasteiger partial charge in [0.25, 0.3) is 5.92 Å². The number of benzene rings is 3. The minimum Gasteiger partial charge on any atom is -0.490 e. The van der Waals surface area contributed by atoms with E-state index in [1.54, 1.807) is 18.2 Å². The molecule has 1 heterocycles. The van der Waals surface area contributed by atoms with Gasteiger partial charge in [0.05, 0.1) is 22.1 Å². The number of aliphatic carboxylic acids is 1. The molecule has 17 heteroatoms. The number of fused-ring (bicyclic) bond motifs is 1. The molecule has 0 aromatic heterocycles. The van der Waals surface area contributed by atoms with Crippen molar-refractivity contribution in [1.29, 1.82) is 0 Å².